The topological polar surface area (TPSA) is 29.5 Å². The van der Waals surface area contributed by atoms with Gasteiger partial charge in [-0.1, -0.05) is 0 Å². The van der Waals surface area contributed by atoms with E-state index < -0.39 is 9.85 Å². The van der Waals surface area contributed by atoms with Crippen LogP contribution in [0.15, 0.2) is 91.0 Å². The Balaban J connectivity index is 1.79. The Morgan fingerprint density at radius 1 is 0.879 bits per heavy atom. The molecule has 3 aromatic carbocycles. The van der Waals surface area contributed by atoms with Gasteiger partial charge in [0.1, 0.15) is 0 Å². The molecular weight excluding hydrogens is 540 g/mol. The predicted molar refractivity (Wildman–Crippen MR) is 150 cm³/mol. The van der Waals surface area contributed by atoms with Gasteiger partial charge in [-0.25, -0.2) is 0 Å². The number of nitrogens with zero attached hydrogens (tertiary/aromatic N) is 1. The Hall–Kier alpha value is -1.91. The molecule has 1 heterocycles. The van der Waals surface area contributed by atoms with Crippen molar-refractivity contribution in [3.05, 3.63) is 91.0 Å². The molecule has 0 aliphatic carbocycles. The van der Waals surface area contributed by atoms with Crippen LogP contribution in [-0.2, 0) is 4.74 Å². The number of benzene rings is 3. The Kier molecular flexibility index (Phi) is 6.89. The molecule has 1 saturated heterocycles. The number of hydrogen-bond acceptors (Lipinski definition) is 2. The predicted octanol–water partition coefficient (Wildman–Crippen LogP) is 6.12. The van der Waals surface area contributed by atoms with Crippen LogP contribution in [0.3, 0.4) is 0 Å². The van der Waals surface area contributed by atoms with E-state index in [1.54, 1.807) is 0 Å². The SMILES string of the molecule is CC(C)(C)OC(=O)N1CC[C@@H](CP(I)(c2ccccc2)(c2ccccc2)c2ccccc2)C1. The quantitative estimate of drug-likeness (QED) is 0.272. The zero-order valence-electron chi connectivity index (χ0n) is 19.7. The van der Waals surface area contributed by atoms with Gasteiger partial charge in [0, 0.05) is 0 Å². The molecule has 0 unspecified atom stereocenters. The summed E-state index contributed by atoms with van der Waals surface area (Å²) < 4.78 is 2.85. The summed E-state index contributed by atoms with van der Waals surface area (Å²) in [6.45, 7) is 7.27. The molecule has 1 atom stereocenters. The minimum atomic E-state index is -2.83. The Labute approximate surface area is 211 Å². The van der Waals surface area contributed by atoms with Gasteiger partial charge < -0.3 is 0 Å². The summed E-state index contributed by atoms with van der Waals surface area (Å²) in [6.07, 6.45) is 1.81. The van der Waals surface area contributed by atoms with Crippen LogP contribution >= 0.6 is 26.3 Å². The molecule has 3 aromatic rings. The molecule has 0 spiro atoms. The van der Waals surface area contributed by atoms with Crippen LogP contribution in [0.4, 0.5) is 4.79 Å². The van der Waals surface area contributed by atoms with Gasteiger partial charge in [0.05, 0.1) is 0 Å². The summed E-state index contributed by atoms with van der Waals surface area (Å²) >= 11 is 2.84. The first-order chi connectivity index (χ1) is 15.7. The van der Waals surface area contributed by atoms with Gasteiger partial charge in [-0.05, 0) is 0 Å². The van der Waals surface area contributed by atoms with Crippen LogP contribution in [0.25, 0.3) is 0 Å². The van der Waals surface area contributed by atoms with Crippen LogP contribution in [0.2, 0.25) is 0 Å². The molecule has 1 amide bonds. The van der Waals surface area contributed by atoms with Crippen molar-refractivity contribution >= 4 is 48.3 Å². The van der Waals surface area contributed by atoms with E-state index in [4.69, 9.17) is 4.74 Å². The van der Waals surface area contributed by atoms with Gasteiger partial charge in [-0.2, -0.15) is 0 Å². The van der Waals surface area contributed by atoms with Gasteiger partial charge in [0.15, 0.2) is 0 Å². The van der Waals surface area contributed by atoms with Crippen LogP contribution in [0, 0.1) is 5.92 Å². The number of amides is 1. The molecule has 1 aliphatic heterocycles. The Morgan fingerprint density at radius 3 is 1.70 bits per heavy atom. The third kappa shape index (κ3) is 4.83. The molecule has 1 aliphatic rings. The molecule has 0 bridgehead atoms. The Bertz CT molecular complexity index is 984. The van der Waals surface area contributed by atoms with Crippen molar-refractivity contribution < 1.29 is 9.53 Å². The minimum absolute atomic E-state index is 0.196. The van der Waals surface area contributed by atoms with E-state index in [-0.39, 0.29) is 6.09 Å². The maximum atomic E-state index is 12.8. The molecule has 3 nitrogen and oxygen atoms in total. The molecule has 0 saturated carbocycles. The number of carbonyl (C=O) groups excluding carboxylic acids is 1. The summed E-state index contributed by atoms with van der Waals surface area (Å²) in [7, 11) is 0. The monoisotopic (exact) mass is 573 g/mol. The molecule has 0 radical (unpaired) electrons. The maximum absolute atomic E-state index is 12.8. The van der Waals surface area contributed by atoms with Crippen LogP contribution in [0.1, 0.15) is 27.2 Å². The molecular formula is C28H33INO2P. The van der Waals surface area contributed by atoms with Gasteiger partial charge in [-0.3, -0.25) is 0 Å². The summed E-state index contributed by atoms with van der Waals surface area (Å²) in [5.41, 5.74) is -0.476. The second-order valence-electron chi connectivity index (χ2n) is 9.95. The van der Waals surface area contributed by atoms with Crippen molar-refractivity contribution in [3.63, 3.8) is 0 Å². The van der Waals surface area contributed by atoms with Gasteiger partial charge in [0.25, 0.3) is 0 Å². The van der Waals surface area contributed by atoms with E-state index in [0.717, 1.165) is 25.7 Å². The standard InChI is InChI=1S/C28H33INO2P/c1-28(2,3)32-27(31)30-20-19-23(21-30)22-33(29,24-13-7-4-8-14-24,25-15-9-5-10-16-25)26-17-11-6-12-18-26/h4-18,23H,19-22H2,1-3H3/t23-/m1/s1. The number of likely N-dealkylation sites (tertiary alicyclic amines) is 1. The van der Waals surface area contributed by atoms with Crippen molar-refractivity contribution in [2.24, 2.45) is 5.92 Å². The van der Waals surface area contributed by atoms with Crippen molar-refractivity contribution in [2.75, 3.05) is 19.3 Å². The van der Waals surface area contributed by atoms with Crippen molar-refractivity contribution in [2.45, 2.75) is 32.8 Å². The third-order valence-corrected chi connectivity index (χ3v) is 17.9. The zero-order valence-corrected chi connectivity index (χ0v) is 22.7. The summed E-state index contributed by atoms with van der Waals surface area (Å²) in [4.78, 5) is 14.7. The summed E-state index contributed by atoms with van der Waals surface area (Å²) in [6, 6.07) is 33.0. The van der Waals surface area contributed by atoms with Gasteiger partial charge in [0.2, 0.25) is 0 Å². The first kappa shape index (κ1) is 24.2. The van der Waals surface area contributed by atoms with Crippen LogP contribution in [0.5, 0.6) is 0 Å². The molecule has 4 rings (SSSR count). The van der Waals surface area contributed by atoms with Gasteiger partial charge >= 0.3 is 212 Å². The number of halogens is 1. The van der Waals surface area contributed by atoms with E-state index in [9.17, 15) is 4.79 Å². The molecule has 1 fully saturated rings. The molecule has 174 valence electrons. The molecule has 33 heavy (non-hydrogen) atoms. The first-order valence-corrected chi connectivity index (χ1v) is 16.8. The Morgan fingerprint density at radius 2 is 1.30 bits per heavy atom. The first-order valence-electron chi connectivity index (χ1n) is 11.6. The molecule has 0 N–H and O–H groups in total. The number of carbonyl (C=O) groups is 1. The number of ether oxygens (including phenoxy) is 1. The van der Waals surface area contributed by atoms with E-state index in [2.05, 4.69) is 113 Å². The number of rotatable bonds is 5. The fraction of sp³-hybridized carbons (Fsp3) is 0.321. The van der Waals surface area contributed by atoms with Crippen LogP contribution in [-0.4, -0.2) is 35.8 Å². The van der Waals surface area contributed by atoms with Crippen molar-refractivity contribution in [1.29, 1.82) is 0 Å². The van der Waals surface area contributed by atoms with E-state index >= 15 is 0 Å². The van der Waals surface area contributed by atoms with E-state index in [0.29, 0.717) is 5.92 Å². The van der Waals surface area contributed by atoms with Gasteiger partial charge in [-0.15, -0.1) is 0 Å². The van der Waals surface area contributed by atoms with E-state index in [1.165, 1.54) is 15.9 Å². The summed E-state index contributed by atoms with van der Waals surface area (Å²) in [5.74, 6) is 0.396. The number of hydrogen-bond donors (Lipinski definition) is 0. The van der Waals surface area contributed by atoms with Crippen molar-refractivity contribution in [1.82, 2.24) is 4.90 Å². The second-order valence-corrected chi connectivity index (χ2v) is 20.6. The fourth-order valence-corrected chi connectivity index (χ4v) is 14.7. The average Bonchev–Trinajstić information content (AvgIpc) is 3.28. The van der Waals surface area contributed by atoms with Crippen LogP contribution < -0.4 is 15.9 Å². The normalized spacial score (nSPS) is 17.9. The fourth-order valence-electron chi connectivity index (χ4n) is 4.94. The molecule has 0 aromatic heterocycles. The average molecular weight is 573 g/mol. The third-order valence-electron chi connectivity index (χ3n) is 6.42. The van der Waals surface area contributed by atoms with E-state index in [1.807, 2.05) is 25.7 Å². The molecule has 5 heteroatoms. The summed E-state index contributed by atoms with van der Waals surface area (Å²) in [5, 5.41) is 4.16. The van der Waals surface area contributed by atoms with Crippen molar-refractivity contribution in [3.8, 4) is 0 Å². The second kappa shape index (κ2) is 9.38. The zero-order chi connectivity index (χ0) is 23.6.